The standard InChI is InChI=1S/C23H27N5O/c1-16-9-10-21(17(2)13-16)28-25-18(3)22(26-28)23(29)24-20-11-12-27(15-20)14-19-7-5-4-6-8-19/h4-10,13,20H,11-12,14-15H2,1-3H3,(H,24,29)/p+1/t20-/m1/s1. The number of amides is 1. The van der Waals surface area contributed by atoms with Crippen LogP contribution in [0.4, 0.5) is 0 Å². The molecule has 150 valence electrons. The average molecular weight is 391 g/mol. The molecule has 2 heterocycles. The molecule has 0 saturated carbocycles. The lowest BCUT2D eigenvalue weighted by molar-refractivity contribution is -0.901. The number of quaternary nitrogens is 1. The molecular formula is C23H28N5O+. The van der Waals surface area contributed by atoms with E-state index in [0.29, 0.717) is 11.4 Å². The number of carbonyl (C=O) groups excluding carboxylic acids is 1. The van der Waals surface area contributed by atoms with E-state index in [0.717, 1.165) is 37.3 Å². The van der Waals surface area contributed by atoms with Crippen molar-refractivity contribution >= 4 is 5.91 Å². The third-order valence-electron chi connectivity index (χ3n) is 5.58. The first-order chi connectivity index (χ1) is 14.0. The van der Waals surface area contributed by atoms with Crippen LogP contribution in [0.3, 0.4) is 0 Å². The molecular weight excluding hydrogens is 362 g/mol. The number of hydrogen-bond acceptors (Lipinski definition) is 3. The van der Waals surface area contributed by atoms with Crippen LogP contribution in [0, 0.1) is 20.8 Å². The first-order valence-electron chi connectivity index (χ1n) is 10.2. The summed E-state index contributed by atoms with van der Waals surface area (Å²) in [6.07, 6.45) is 0.984. The molecule has 1 unspecified atom stereocenters. The lowest BCUT2D eigenvalue weighted by Crippen LogP contribution is -3.09. The molecule has 0 radical (unpaired) electrons. The molecule has 6 nitrogen and oxygen atoms in total. The van der Waals surface area contributed by atoms with Gasteiger partial charge >= 0.3 is 0 Å². The second-order valence-corrected chi connectivity index (χ2v) is 8.04. The van der Waals surface area contributed by atoms with Gasteiger partial charge in [0.05, 0.1) is 30.5 Å². The Kier molecular flexibility index (Phi) is 5.45. The predicted octanol–water partition coefficient (Wildman–Crippen LogP) is 1.78. The number of aromatic nitrogens is 3. The van der Waals surface area contributed by atoms with Crippen LogP contribution in [0.1, 0.15) is 39.3 Å². The molecule has 29 heavy (non-hydrogen) atoms. The van der Waals surface area contributed by atoms with Gasteiger partial charge in [0, 0.05) is 12.0 Å². The number of rotatable bonds is 5. The van der Waals surface area contributed by atoms with E-state index in [2.05, 4.69) is 52.8 Å². The minimum absolute atomic E-state index is 0.135. The normalized spacial score (nSPS) is 18.7. The van der Waals surface area contributed by atoms with Crippen molar-refractivity contribution in [1.82, 2.24) is 20.3 Å². The van der Waals surface area contributed by atoms with Crippen molar-refractivity contribution in [2.24, 2.45) is 0 Å². The van der Waals surface area contributed by atoms with E-state index in [4.69, 9.17) is 0 Å². The molecule has 0 bridgehead atoms. The van der Waals surface area contributed by atoms with Gasteiger partial charge in [-0.25, -0.2) is 0 Å². The molecule has 1 aromatic heterocycles. The minimum atomic E-state index is -0.135. The molecule has 2 N–H and O–H groups in total. The Bertz CT molecular complexity index is 1010. The van der Waals surface area contributed by atoms with Crippen molar-refractivity contribution in [1.29, 1.82) is 0 Å². The zero-order chi connectivity index (χ0) is 20.4. The molecule has 1 aliphatic rings. The van der Waals surface area contributed by atoms with Crippen LogP contribution in [0.2, 0.25) is 0 Å². The number of benzene rings is 2. The maximum absolute atomic E-state index is 12.8. The molecule has 2 aromatic carbocycles. The largest absolute Gasteiger partial charge is 0.342 e. The summed E-state index contributed by atoms with van der Waals surface area (Å²) >= 11 is 0. The fraction of sp³-hybridized carbons (Fsp3) is 0.348. The van der Waals surface area contributed by atoms with Crippen molar-refractivity contribution in [2.75, 3.05) is 13.1 Å². The van der Waals surface area contributed by atoms with Crippen LogP contribution in [0.15, 0.2) is 48.5 Å². The Labute approximate surface area is 171 Å². The van der Waals surface area contributed by atoms with E-state index in [-0.39, 0.29) is 11.9 Å². The highest BCUT2D eigenvalue weighted by molar-refractivity contribution is 5.93. The molecule has 0 aliphatic carbocycles. The van der Waals surface area contributed by atoms with Gasteiger partial charge in [-0.05, 0) is 32.4 Å². The van der Waals surface area contributed by atoms with Crippen LogP contribution in [0.25, 0.3) is 5.69 Å². The summed E-state index contributed by atoms with van der Waals surface area (Å²) in [5, 5.41) is 12.1. The topological polar surface area (TPSA) is 64.2 Å². The van der Waals surface area contributed by atoms with Gasteiger partial charge in [-0.1, -0.05) is 48.0 Å². The van der Waals surface area contributed by atoms with E-state index in [9.17, 15) is 4.79 Å². The van der Waals surface area contributed by atoms with E-state index in [1.165, 1.54) is 16.0 Å². The number of likely N-dealkylation sites (tertiary alicyclic amines) is 1. The van der Waals surface area contributed by atoms with Crippen LogP contribution < -0.4 is 10.2 Å². The van der Waals surface area contributed by atoms with Gasteiger partial charge in [-0.15, -0.1) is 5.10 Å². The Morgan fingerprint density at radius 1 is 1.14 bits per heavy atom. The van der Waals surface area contributed by atoms with Crippen LogP contribution in [-0.2, 0) is 6.54 Å². The summed E-state index contributed by atoms with van der Waals surface area (Å²) in [6, 6.07) is 16.8. The van der Waals surface area contributed by atoms with Crippen LogP contribution in [0.5, 0.6) is 0 Å². The monoisotopic (exact) mass is 390 g/mol. The molecule has 6 heteroatoms. The predicted molar refractivity (Wildman–Crippen MR) is 112 cm³/mol. The summed E-state index contributed by atoms with van der Waals surface area (Å²) in [5.41, 5.74) is 5.56. The van der Waals surface area contributed by atoms with Gasteiger partial charge in [0.2, 0.25) is 0 Å². The SMILES string of the molecule is Cc1ccc(-n2nc(C)c(C(=O)N[C@@H]3CC[NH+](Cc4ccccc4)C3)n2)c(C)c1. The third kappa shape index (κ3) is 4.38. The number of carbonyl (C=O) groups is 1. The first kappa shape index (κ1) is 19.3. The zero-order valence-electron chi connectivity index (χ0n) is 17.3. The lowest BCUT2D eigenvalue weighted by Gasteiger charge is -2.14. The van der Waals surface area contributed by atoms with Crippen molar-refractivity contribution in [2.45, 2.75) is 39.8 Å². The Balaban J connectivity index is 1.41. The molecule has 3 aromatic rings. The quantitative estimate of drug-likeness (QED) is 0.698. The highest BCUT2D eigenvalue weighted by atomic mass is 16.2. The minimum Gasteiger partial charge on any atom is -0.342 e. The molecule has 4 rings (SSSR count). The zero-order valence-corrected chi connectivity index (χ0v) is 17.3. The Hall–Kier alpha value is -2.99. The molecule has 1 aliphatic heterocycles. The molecule has 1 fully saturated rings. The lowest BCUT2D eigenvalue weighted by atomic mass is 10.1. The molecule has 0 spiro atoms. The van der Waals surface area contributed by atoms with Crippen LogP contribution in [-0.4, -0.2) is 40.0 Å². The third-order valence-corrected chi connectivity index (χ3v) is 5.58. The summed E-state index contributed by atoms with van der Waals surface area (Å²) in [4.78, 5) is 15.9. The molecule has 1 saturated heterocycles. The highest BCUT2D eigenvalue weighted by Gasteiger charge is 2.29. The van der Waals surface area contributed by atoms with E-state index in [1.54, 1.807) is 4.80 Å². The van der Waals surface area contributed by atoms with Gasteiger partial charge in [-0.3, -0.25) is 4.79 Å². The van der Waals surface area contributed by atoms with E-state index >= 15 is 0 Å². The summed E-state index contributed by atoms with van der Waals surface area (Å²) in [6.45, 7) is 8.92. The molecule has 1 amide bonds. The number of nitrogens with zero attached hydrogens (tertiary/aromatic N) is 3. The van der Waals surface area contributed by atoms with Crippen molar-refractivity contribution in [3.05, 3.63) is 76.6 Å². The van der Waals surface area contributed by atoms with Crippen LogP contribution >= 0.6 is 0 Å². The fourth-order valence-electron chi connectivity index (χ4n) is 4.08. The Morgan fingerprint density at radius 2 is 1.93 bits per heavy atom. The van der Waals surface area contributed by atoms with Gasteiger partial charge in [0.15, 0.2) is 5.69 Å². The number of hydrogen-bond donors (Lipinski definition) is 2. The Morgan fingerprint density at radius 3 is 2.69 bits per heavy atom. The summed E-state index contributed by atoms with van der Waals surface area (Å²) in [5.74, 6) is -0.135. The second-order valence-electron chi connectivity index (χ2n) is 8.04. The summed E-state index contributed by atoms with van der Waals surface area (Å²) < 4.78 is 0. The average Bonchev–Trinajstić information content (AvgIpc) is 3.29. The highest BCUT2D eigenvalue weighted by Crippen LogP contribution is 2.15. The maximum Gasteiger partial charge on any atom is 0.274 e. The summed E-state index contributed by atoms with van der Waals surface area (Å²) in [7, 11) is 0. The first-order valence-corrected chi connectivity index (χ1v) is 10.2. The van der Waals surface area contributed by atoms with Crippen molar-refractivity contribution < 1.29 is 9.69 Å². The second kappa shape index (κ2) is 8.17. The van der Waals surface area contributed by atoms with Gasteiger partial charge in [0.1, 0.15) is 6.54 Å². The fourth-order valence-corrected chi connectivity index (χ4v) is 4.08. The number of nitrogens with one attached hydrogen (secondary N) is 2. The van der Waals surface area contributed by atoms with Gasteiger partial charge in [0.25, 0.3) is 5.91 Å². The number of aryl methyl sites for hydroxylation is 3. The maximum atomic E-state index is 12.8. The molecule has 2 atom stereocenters. The van der Waals surface area contributed by atoms with Gasteiger partial charge < -0.3 is 10.2 Å². The van der Waals surface area contributed by atoms with Crippen molar-refractivity contribution in [3.8, 4) is 5.69 Å². The van der Waals surface area contributed by atoms with Gasteiger partial charge in [-0.2, -0.15) is 9.90 Å². The van der Waals surface area contributed by atoms with E-state index < -0.39 is 0 Å². The van der Waals surface area contributed by atoms with Crippen molar-refractivity contribution in [3.63, 3.8) is 0 Å². The van der Waals surface area contributed by atoms with E-state index in [1.807, 2.05) is 32.0 Å². The smallest absolute Gasteiger partial charge is 0.274 e.